The fourth-order valence-corrected chi connectivity index (χ4v) is 1.85. The Hall–Kier alpha value is -1.44. The van der Waals surface area contributed by atoms with E-state index in [4.69, 9.17) is 0 Å². The highest BCUT2D eigenvalue weighted by atomic mass is 16.1. The third kappa shape index (κ3) is 2.38. The molecular formula is C14H18O2. The number of hydrogen-bond donors (Lipinski definition) is 0. The molecule has 0 bridgehead atoms. The van der Waals surface area contributed by atoms with Crippen molar-refractivity contribution in [2.24, 2.45) is 0 Å². The topological polar surface area (TPSA) is 34.1 Å². The summed E-state index contributed by atoms with van der Waals surface area (Å²) in [7, 11) is 0. The second-order valence-corrected chi connectivity index (χ2v) is 5.09. The monoisotopic (exact) mass is 218 g/mol. The molecular weight excluding hydrogens is 200 g/mol. The van der Waals surface area contributed by atoms with E-state index >= 15 is 0 Å². The highest BCUT2D eigenvalue weighted by molar-refractivity contribution is 6.08. The van der Waals surface area contributed by atoms with Crippen molar-refractivity contribution in [3.63, 3.8) is 0 Å². The Bertz CT molecular complexity index is 437. The summed E-state index contributed by atoms with van der Waals surface area (Å²) in [5, 5.41) is 0. The molecule has 16 heavy (non-hydrogen) atoms. The van der Waals surface area contributed by atoms with Crippen LogP contribution in [0.25, 0.3) is 0 Å². The highest BCUT2D eigenvalue weighted by Crippen LogP contribution is 2.28. The van der Waals surface area contributed by atoms with E-state index in [0.29, 0.717) is 11.1 Å². The van der Waals surface area contributed by atoms with Crippen LogP contribution in [0.2, 0.25) is 0 Å². The minimum atomic E-state index is -0.132. The van der Waals surface area contributed by atoms with E-state index < -0.39 is 0 Å². The first-order valence-corrected chi connectivity index (χ1v) is 5.40. The molecule has 1 aromatic rings. The molecule has 0 amide bonds. The van der Waals surface area contributed by atoms with Crippen molar-refractivity contribution in [1.82, 2.24) is 0 Å². The Balaban J connectivity index is 3.58. The first-order valence-electron chi connectivity index (χ1n) is 5.40. The zero-order valence-corrected chi connectivity index (χ0v) is 10.5. The molecule has 0 saturated carbocycles. The molecule has 0 N–H and O–H groups in total. The van der Waals surface area contributed by atoms with Crippen LogP contribution in [0.4, 0.5) is 0 Å². The molecule has 0 aliphatic rings. The van der Waals surface area contributed by atoms with Crippen molar-refractivity contribution in [2.45, 2.75) is 40.0 Å². The van der Waals surface area contributed by atoms with E-state index in [9.17, 15) is 9.59 Å². The predicted octanol–water partition coefficient (Wildman–Crippen LogP) is 3.39. The Labute approximate surface area is 96.7 Å². The minimum Gasteiger partial charge on any atom is -0.294 e. The molecule has 0 unspecified atom stereocenters. The van der Waals surface area contributed by atoms with Gasteiger partial charge in [0.1, 0.15) is 0 Å². The summed E-state index contributed by atoms with van der Waals surface area (Å²) in [6.45, 7) is 9.13. The molecule has 0 heterocycles. The molecule has 0 radical (unpaired) electrons. The van der Waals surface area contributed by atoms with Gasteiger partial charge < -0.3 is 0 Å². The number of hydrogen-bond acceptors (Lipinski definition) is 2. The summed E-state index contributed by atoms with van der Waals surface area (Å²) in [6.07, 6.45) is 0. The molecule has 1 rings (SSSR count). The molecule has 0 aliphatic heterocycles. The largest absolute Gasteiger partial charge is 0.294 e. The minimum absolute atomic E-state index is 0.0456. The lowest BCUT2D eigenvalue weighted by molar-refractivity contribution is 0.0979. The Morgan fingerprint density at radius 2 is 1.56 bits per heavy atom. The average molecular weight is 218 g/mol. The number of carbonyl (C=O) groups is 2. The lowest BCUT2D eigenvalue weighted by Gasteiger charge is -2.23. The normalized spacial score (nSPS) is 11.3. The molecule has 0 atom stereocenters. The number of benzene rings is 1. The van der Waals surface area contributed by atoms with Crippen LogP contribution in [-0.2, 0) is 5.41 Å². The lowest BCUT2D eigenvalue weighted by atomic mass is 9.80. The molecule has 0 saturated heterocycles. The molecule has 86 valence electrons. The number of rotatable bonds is 2. The summed E-state index contributed by atoms with van der Waals surface area (Å²) >= 11 is 0. The van der Waals surface area contributed by atoms with E-state index in [1.165, 1.54) is 13.8 Å². The second kappa shape index (κ2) is 4.20. The quantitative estimate of drug-likeness (QED) is 0.713. The number of carbonyl (C=O) groups excluding carboxylic acids is 2. The first kappa shape index (κ1) is 12.6. The van der Waals surface area contributed by atoms with E-state index in [1.54, 1.807) is 6.07 Å². The van der Waals surface area contributed by atoms with Crippen molar-refractivity contribution >= 4 is 11.6 Å². The van der Waals surface area contributed by atoms with E-state index in [2.05, 4.69) is 0 Å². The Morgan fingerprint density at radius 1 is 1.00 bits per heavy atom. The molecule has 0 spiro atoms. The van der Waals surface area contributed by atoms with Gasteiger partial charge in [-0.05, 0) is 24.8 Å². The molecule has 0 aliphatic carbocycles. The summed E-state index contributed by atoms with van der Waals surface area (Å²) in [6, 6.07) is 5.47. The van der Waals surface area contributed by atoms with Crippen LogP contribution in [0.3, 0.4) is 0 Å². The summed E-state index contributed by atoms with van der Waals surface area (Å²) in [4.78, 5) is 23.2. The third-order valence-corrected chi connectivity index (χ3v) is 2.60. The number of Topliss-reactive ketones (excluding diaryl/α,β-unsaturated/α-hetero) is 2. The van der Waals surface area contributed by atoms with Crippen LogP contribution in [0.15, 0.2) is 18.2 Å². The Kier molecular flexibility index (Phi) is 3.32. The van der Waals surface area contributed by atoms with Crippen LogP contribution in [-0.4, -0.2) is 11.6 Å². The van der Waals surface area contributed by atoms with Crippen LogP contribution >= 0.6 is 0 Å². The second-order valence-electron chi connectivity index (χ2n) is 5.09. The van der Waals surface area contributed by atoms with Gasteiger partial charge in [0.25, 0.3) is 0 Å². The lowest BCUT2D eigenvalue weighted by Crippen LogP contribution is -2.18. The van der Waals surface area contributed by atoms with E-state index in [-0.39, 0.29) is 17.0 Å². The summed E-state index contributed by atoms with van der Waals surface area (Å²) in [5.41, 5.74) is 1.90. The maximum Gasteiger partial charge on any atom is 0.160 e. The van der Waals surface area contributed by atoms with Gasteiger partial charge in [-0.25, -0.2) is 0 Å². The highest BCUT2D eigenvalue weighted by Gasteiger charge is 2.23. The fourth-order valence-electron chi connectivity index (χ4n) is 1.85. The van der Waals surface area contributed by atoms with Gasteiger partial charge in [0.15, 0.2) is 11.6 Å². The van der Waals surface area contributed by atoms with Gasteiger partial charge in [0, 0.05) is 11.1 Å². The van der Waals surface area contributed by atoms with Gasteiger partial charge in [0.2, 0.25) is 0 Å². The third-order valence-electron chi connectivity index (χ3n) is 2.60. The van der Waals surface area contributed by atoms with Gasteiger partial charge in [-0.3, -0.25) is 9.59 Å². The van der Waals surface area contributed by atoms with E-state index in [1.807, 2.05) is 32.9 Å². The standard InChI is InChI=1S/C14H18O2/c1-9(15)11-7-6-8-12(14(3,4)5)13(11)10(2)16/h6-8H,1-5H3. The van der Waals surface area contributed by atoms with Gasteiger partial charge >= 0.3 is 0 Å². The van der Waals surface area contributed by atoms with Gasteiger partial charge in [-0.15, -0.1) is 0 Å². The zero-order chi connectivity index (χ0) is 12.5. The maximum atomic E-state index is 11.7. The zero-order valence-electron chi connectivity index (χ0n) is 10.5. The first-order chi connectivity index (χ1) is 7.25. The molecule has 0 aromatic heterocycles. The van der Waals surface area contributed by atoms with Crippen LogP contribution in [0.5, 0.6) is 0 Å². The summed E-state index contributed by atoms with van der Waals surface area (Å²) in [5.74, 6) is -0.105. The smallest absolute Gasteiger partial charge is 0.160 e. The SMILES string of the molecule is CC(=O)c1cccc(C(C)(C)C)c1C(C)=O. The van der Waals surface area contributed by atoms with Crippen molar-refractivity contribution < 1.29 is 9.59 Å². The average Bonchev–Trinajstić information content (AvgIpc) is 2.14. The predicted molar refractivity (Wildman–Crippen MR) is 65.2 cm³/mol. The number of ketones is 2. The van der Waals surface area contributed by atoms with Gasteiger partial charge in [-0.2, -0.15) is 0 Å². The van der Waals surface area contributed by atoms with Crippen LogP contribution in [0, 0.1) is 0 Å². The van der Waals surface area contributed by atoms with Crippen LogP contribution < -0.4 is 0 Å². The van der Waals surface area contributed by atoms with Gasteiger partial charge in [-0.1, -0.05) is 39.0 Å². The molecule has 0 fully saturated rings. The molecule has 2 heteroatoms. The molecule has 2 nitrogen and oxygen atoms in total. The van der Waals surface area contributed by atoms with Crippen molar-refractivity contribution in [3.05, 3.63) is 34.9 Å². The Morgan fingerprint density at radius 3 is 1.94 bits per heavy atom. The molecule has 1 aromatic carbocycles. The van der Waals surface area contributed by atoms with Crippen LogP contribution in [0.1, 0.15) is 60.9 Å². The fraction of sp³-hybridized carbons (Fsp3) is 0.429. The summed E-state index contributed by atoms with van der Waals surface area (Å²) < 4.78 is 0. The van der Waals surface area contributed by atoms with Crippen molar-refractivity contribution in [3.8, 4) is 0 Å². The maximum absolute atomic E-state index is 11.7. The van der Waals surface area contributed by atoms with Gasteiger partial charge in [0.05, 0.1) is 0 Å². The van der Waals surface area contributed by atoms with Crippen molar-refractivity contribution in [2.75, 3.05) is 0 Å². The van der Waals surface area contributed by atoms with Crippen molar-refractivity contribution in [1.29, 1.82) is 0 Å². The van der Waals surface area contributed by atoms with E-state index in [0.717, 1.165) is 5.56 Å².